The van der Waals surface area contributed by atoms with Gasteiger partial charge in [-0.3, -0.25) is 4.68 Å². The van der Waals surface area contributed by atoms with E-state index in [0.717, 1.165) is 10.4 Å². The van der Waals surface area contributed by atoms with Crippen LogP contribution >= 0.6 is 0 Å². The van der Waals surface area contributed by atoms with Crippen LogP contribution in [0.1, 0.15) is 20.8 Å². The number of rotatable bonds is 10. The van der Waals surface area contributed by atoms with Crippen LogP contribution in [0.3, 0.4) is 0 Å². The van der Waals surface area contributed by atoms with Crippen molar-refractivity contribution in [2.24, 2.45) is 7.05 Å². The van der Waals surface area contributed by atoms with Crippen LogP contribution in [-0.4, -0.2) is 50.1 Å². The van der Waals surface area contributed by atoms with Crippen molar-refractivity contribution >= 4 is 29.8 Å². The summed E-state index contributed by atoms with van der Waals surface area (Å²) in [6, 6.07) is 26.8. The van der Waals surface area contributed by atoms with Crippen LogP contribution < -0.4 is 10.4 Å². The Balaban J connectivity index is 1.27. The summed E-state index contributed by atoms with van der Waals surface area (Å²) in [7, 11) is -1.38. The van der Waals surface area contributed by atoms with Gasteiger partial charge < -0.3 is 13.4 Å². The van der Waals surface area contributed by atoms with Gasteiger partial charge in [0.05, 0.1) is 17.4 Å². The molecule has 7 aromatic rings. The summed E-state index contributed by atoms with van der Waals surface area (Å²) in [5.74, 6) is -3.27. The van der Waals surface area contributed by atoms with E-state index in [4.69, 9.17) is 8.84 Å². The molecule has 0 radical (unpaired) electrons. The maximum absolute atomic E-state index is 16.2. The first-order valence-corrected chi connectivity index (χ1v) is 18.0. The standard InChI is InChI=1S/C38H35F3N6O2Si/c1-37(2,3)50(28-11-7-5-8-12-28,29-13-9-6-10-14-29)48-23-38(40,41)22-47-20-31(34(45-47)26-15-17-27(39)18-16-26)35-30-19-33(32-21-46(4)25-44-32)49-36(30)43-24-42-35/h5-21,24-25H,22-23H2,1-4H3. The largest absolute Gasteiger partial charge is 0.436 e. The summed E-state index contributed by atoms with van der Waals surface area (Å²) in [6.07, 6.45) is 6.35. The summed E-state index contributed by atoms with van der Waals surface area (Å²) < 4.78 is 62.0. The molecule has 0 aliphatic rings. The number of hydrogen-bond donors (Lipinski definition) is 0. The Kier molecular flexibility index (Phi) is 8.52. The SMILES string of the molecule is Cn1cnc(-c2cc3c(-c4cn(CC(F)(F)CO[Si](c5ccccc5)(c5ccccc5)C(C)(C)C)nc4-c4ccc(F)cc4)ncnc3o2)c1. The zero-order valence-electron chi connectivity index (χ0n) is 28.0. The molecule has 4 heterocycles. The van der Waals surface area contributed by atoms with E-state index in [9.17, 15) is 4.39 Å². The van der Waals surface area contributed by atoms with E-state index in [1.54, 1.807) is 29.1 Å². The summed E-state index contributed by atoms with van der Waals surface area (Å²) in [5, 5.41) is 6.52. The van der Waals surface area contributed by atoms with Crippen molar-refractivity contribution < 1.29 is 22.0 Å². The highest BCUT2D eigenvalue weighted by Gasteiger charge is 2.51. The molecule has 0 amide bonds. The molecule has 7 rings (SSSR count). The van der Waals surface area contributed by atoms with Gasteiger partial charge in [0.1, 0.15) is 36.7 Å². The van der Waals surface area contributed by atoms with Crippen molar-refractivity contribution in [3.63, 3.8) is 0 Å². The normalized spacial score (nSPS) is 12.5. The van der Waals surface area contributed by atoms with Gasteiger partial charge in [0.2, 0.25) is 5.71 Å². The number of imidazole rings is 1. The number of fused-ring (bicyclic) bond motifs is 1. The lowest BCUT2D eigenvalue weighted by molar-refractivity contribution is -0.0597. The molecule has 0 fully saturated rings. The summed E-state index contributed by atoms with van der Waals surface area (Å²) in [6.45, 7) is 4.55. The third-order valence-corrected chi connectivity index (χ3v) is 13.7. The van der Waals surface area contributed by atoms with Gasteiger partial charge in [0, 0.05) is 30.6 Å². The number of alkyl halides is 2. The van der Waals surface area contributed by atoms with Crippen LogP contribution in [0.4, 0.5) is 13.2 Å². The molecule has 0 spiro atoms. The van der Waals surface area contributed by atoms with E-state index in [-0.39, 0.29) is 0 Å². The predicted octanol–water partition coefficient (Wildman–Crippen LogP) is 7.50. The van der Waals surface area contributed by atoms with Gasteiger partial charge >= 0.3 is 0 Å². The Bertz CT molecular complexity index is 2200. The van der Waals surface area contributed by atoms with E-state index in [1.807, 2.05) is 94.7 Å². The first-order chi connectivity index (χ1) is 23.9. The maximum Gasteiger partial charge on any atom is 0.288 e. The Morgan fingerprint density at radius 1 is 0.820 bits per heavy atom. The highest BCUT2D eigenvalue weighted by atomic mass is 28.4. The molecule has 0 N–H and O–H groups in total. The molecule has 50 heavy (non-hydrogen) atoms. The minimum atomic E-state index is -3.32. The molecule has 254 valence electrons. The van der Waals surface area contributed by atoms with Gasteiger partial charge in [-0.15, -0.1) is 0 Å². The van der Waals surface area contributed by atoms with Crippen LogP contribution in [-0.2, 0) is 18.0 Å². The van der Waals surface area contributed by atoms with Crippen molar-refractivity contribution in [1.29, 1.82) is 0 Å². The summed E-state index contributed by atoms with van der Waals surface area (Å²) >= 11 is 0. The average Bonchev–Trinajstić information content (AvgIpc) is 3.84. The molecule has 0 aliphatic heterocycles. The van der Waals surface area contributed by atoms with Crippen molar-refractivity contribution in [1.82, 2.24) is 29.3 Å². The van der Waals surface area contributed by atoms with Gasteiger partial charge in [0.25, 0.3) is 14.2 Å². The smallest absolute Gasteiger partial charge is 0.288 e. The van der Waals surface area contributed by atoms with Gasteiger partial charge in [-0.2, -0.15) is 5.10 Å². The quantitative estimate of drug-likeness (QED) is 0.138. The topological polar surface area (TPSA) is 83.8 Å². The number of aryl methyl sites for hydroxylation is 1. The lowest BCUT2D eigenvalue weighted by Crippen LogP contribution is -2.67. The van der Waals surface area contributed by atoms with Crippen LogP contribution in [0.15, 0.2) is 120 Å². The fourth-order valence-corrected chi connectivity index (χ4v) is 11.1. The first-order valence-electron chi connectivity index (χ1n) is 16.1. The van der Waals surface area contributed by atoms with Crippen molar-refractivity contribution in [2.45, 2.75) is 38.3 Å². The Labute approximate surface area is 288 Å². The minimum Gasteiger partial charge on any atom is -0.436 e. The van der Waals surface area contributed by atoms with Crippen LogP contribution in [0.25, 0.3) is 45.1 Å². The number of hydrogen-bond acceptors (Lipinski definition) is 6. The molecule has 0 aliphatic carbocycles. The van der Waals surface area contributed by atoms with E-state index in [0.29, 0.717) is 45.1 Å². The van der Waals surface area contributed by atoms with E-state index in [1.165, 1.54) is 29.3 Å². The number of benzene rings is 3. The zero-order valence-corrected chi connectivity index (χ0v) is 29.0. The number of nitrogens with zero attached hydrogens (tertiary/aromatic N) is 6. The maximum atomic E-state index is 16.2. The molecule has 0 unspecified atom stereocenters. The lowest BCUT2D eigenvalue weighted by atomic mass is 10.0. The highest BCUT2D eigenvalue weighted by molar-refractivity contribution is 6.99. The number of furan rings is 1. The van der Waals surface area contributed by atoms with Crippen LogP contribution in [0.5, 0.6) is 0 Å². The van der Waals surface area contributed by atoms with Crippen LogP contribution in [0.2, 0.25) is 5.04 Å². The molecule has 0 saturated carbocycles. The molecular weight excluding hydrogens is 658 g/mol. The molecule has 8 nitrogen and oxygen atoms in total. The second-order valence-electron chi connectivity index (χ2n) is 13.4. The fraction of sp³-hybridized carbons (Fsp3) is 0.211. The van der Waals surface area contributed by atoms with Gasteiger partial charge in [-0.25, -0.2) is 28.1 Å². The third-order valence-electron chi connectivity index (χ3n) is 8.73. The van der Waals surface area contributed by atoms with E-state index < -0.39 is 38.2 Å². The fourth-order valence-electron chi connectivity index (χ4n) is 6.49. The molecule has 0 bridgehead atoms. The molecule has 12 heteroatoms. The first kappa shape index (κ1) is 33.2. The zero-order chi connectivity index (χ0) is 35.1. The minimum absolute atomic E-state index is 0.303. The molecular formula is C38H35F3N6O2Si. The van der Waals surface area contributed by atoms with Crippen molar-refractivity contribution in [3.8, 4) is 34.0 Å². The van der Waals surface area contributed by atoms with E-state index in [2.05, 4.69) is 20.1 Å². The van der Waals surface area contributed by atoms with E-state index >= 15 is 8.78 Å². The Morgan fingerprint density at radius 3 is 2.08 bits per heavy atom. The average molecular weight is 693 g/mol. The second-order valence-corrected chi connectivity index (χ2v) is 17.7. The molecule has 0 atom stereocenters. The second kappa shape index (κ2) is 12.8. The Morgan fingerprint density at radius 2 is 1.48 bits per heavy atom. The van der Waals surface area contributed by atoms with Crippen molar-refractivity contribution in [3.05, 3.63) is 122 Å². The van der Waals surface area contributed by atoms with Crippen LogP contribution in [0, 0.1) is 5.82 Å². The summed E-state index contributed by atoms with van der Waals surface area (Å²) in [4.78, 5) is 13.2. The van der Waals surface area contributed by atoms with Crippen molar-refractivity contribution in [2.75, 3.05) is 6.61 Å². The van der Waals surface area contributed by atoms with Gasteiger partial charge in [-0.1, -0.05) is 81.4 Å². The molecule has 3 aromatic carbocycles. The Hall–Kier alpha value is -5.33. The van der Waals surface area contributed by atoms with Gasteiger partial charge in [-0.05, 0) is 45.7 Å². The van der Waals surface area contributed by atoms with Gasteiger partial charge in [0.15, 0.2) is 5.76 Å². The third kappa shape index (κ3) is 6.27. The molecule has 4 aromatic heterocycles. The lowest BCUT2D eigenvalue weighted by Gasteiger charge is -2.43. The number of aromatic nitrogens is 6. The predicted molar refractivity (Wildman–Crippen MR) is 189 cm³/mol. The number of halogens is 3. The molecule has 0 saturated heterocycles. The summed E-state index contributed by atoms with van der Waals surface area (Å²) in [5.41, 5.74) is 2.69. The highest BCUT2D eigenvalue weighted by Crippen LogP contribution is 2.39. The monoisotopic (exact) mass is 692 g/mol.